The Morgan fingerprint density at radius 1 is 0.750 bits per heavy atom. The Hall–Kier alpha value is -6.01. The van der Waals surface area contributed by atoms with Crippen LogP contribution in [0.4, 0.5) is 21.5 Å². The number of hydrogen-bond acceptors (Lipinski definition) is 20. The van der Waals surface area contributed by atoms with Crippen molar-refractivity contribution in [1.29, 1.82) is 0 Å². The summed E-state index contributed by atoms with van der Waals surface area (Å²) in [5.74, 6) is -0.172. The number of rotatable bonds is 12. The van der Waals surface area contributed by atoms with Crippen molar-refractivity contribution in [1.82, 2.24) is 63.1 Å². The fraction of sp³-hybridized carbons (Fsp3) is 0.364. The molecule has 0 aliphatic rings. The highest BCUT2D eigenvalue weighted by Crippen LogP contribution is 2.23. The third-order valence-electron chi connectivity index (χ3n) is 5.79. The summed E-state index contributed by atoms with van der Waals surface area (Å²) in [7, 11) is -3.99. The molecule has 27 nitrogen and oxygen atoms in total. The molecule has 4 rings (SSSR count). The van der Waals surface area contributed by atoms with Crippen molar-refractivity contribution in [3.05, 3.63) is 18.3 Å². The van der Waals surface area contributed by atoms with Gasteiger partial charge in [-0.1, -0.05) is 3.71 Å². The van der Waals surface area contributed by atoms with E-state index in [0.29, 0.717) is 6.26 Å². The Kier molecular flexibility index (Phi) is 12.7. The van der Waals surface area contributed by atoms with Crippen molar-refractivity contribution in [2.75, 3.05) is 52.4 Å². The molecule has 30 heteroatoms. The largest absolute Gasteiger partial charge is 0.481 e. The number of aryl methyl sites for hydroxylation is 2. The monoisotopic (exact) mass is 793 g/mol. The fourth-order valence-electron chi connectivity index (χ4n) is 3.41. The van der Waals surface area contributed by atoms with Gasteiger partial charge in [-0.05, 0) is 5.21 Å². The number of carbonyl (C=O) groups is 2. The molecule has 4 N–H and O–H groups in total. The summed E-state index contributed by atoms with van der Waals surface area (Å²) >= 11 is 0. The van der Waals surface area contributed by atoms with Crippen LogP contribution in [0.25, 0.3) is 11.4 Å². The van der Waals surface area contributed by atoms with Gasteiger partial charge in [-0.3, -0.25) is 15.3 Å². The van der Waals surface area contributed by atoms with Crippen LogP contribution in [0.2, 0.25) is 0 Å². The first-order valence-corrected chi connectivity index (χ1v) is 18.3. The predicted molar refractivity (Wildman–Crippen MR) is 174 cm³/mol. The number of sulfonamides is 2. The van der Waals surface area contributed by atoms with E-state index in [0.717, 1.165) is 16.5 Å². The minimum atomic E-state index is -4.60. The van der Waals surface area contributed by atoms with Crippen LogP contribution in [0.5, 0.6) is 23.5 Å². The summed E-state index contributed by atoms with van der Waals surface area (Å²) in [5.41, 5.74) is 0.0696. The molecule has 0 aromatic carbocycles. The normalized spacial score (nSPS) is 11.5. The molecule has 52 heavy (non-hydrogen) atoms. The number of amides is 4. The first-order valence-electron chi connectivity index (χ1n) is 13.5. The lowest BCUT2D eigenvalue weighted by Crippen LogP contribution is -2.45. The van der Waals surface area contributed by atoms with E-state index < -0.39 is 42.3 Å². The maximum Gasteiger partial charge on any atom is 0.336 e. The molecule has 0 atom stereocenters. The Morgan fingerprint density at radius 2 is 1.19 bits per heavy atom. The Bertz CT molecular complexity index is 2220. The van der Waals surface area contributed by atoms with Gasteiger partial charge in [-0.25, -0.2) is 27.5 Å². The van der Waals surface area contributed by atoms with Crippen LogP contribution in [0.1, 0.15) is 0 Å². The number of methoxy groups -OCH3 is 4. The zero-order valence-electron chi connectivity index (χ0n) is 28.3. The SMILES string of the molecule is COc1cc(OC)nc(NC(=O)NS(=O)(=O)N(C)S(C)(=O)=O)n1.COc1cc(OC)nc(NC(=O)NS(=O)(=O)c2c(-c3nnn(C)n3)cnn2C)n1. The van der Waals surface area contributed by atoms with Crippen molar-refractivity contribution < 1.29 is 53.8 Å². The molecule has 0 radical (unpaired) electrons. The lowest BCUT2D eigenvalue weighted by molar-refractivity contribution is 0.255. The first-order chi connectivity index (χ1) is 24.2. The zero-order valence-corrected chi connectivity index (χ0v) is 30.7. The lowest BCUT2D eigenvalue weighted by Gasteiger charge is -2.15. The van der Waals surface area contributed by atoms with E-state index in [9.17, 15) is 34.8 Å². The number of tetrazole rings is 1. The summed E-state index contributed by atoms with van der Waals surface area (Å²) in [4.78, 5) is 40.4. The highest BCUT2D eigenvalue weighted by molar-refractivity contribution is 8.03. The van der Waals surface area contributed by atoms with Gasteiger partial charge in [-0.2, -0.15) is 46.7 Å². The van der Waals surface area contributed by atoms with Crippen molar-refractivity contribution in [2.45, 2.75) is 5.03 Å². The number of urea groups is 2. The second-order valence-corrected chi connectivity index (χ2v) is 15.0. The highest BCUT2D eigenvalue weighted by Gasteiger charge is 2.30. The molecule has 0 aliphatic heterocycles. The summed E-state index contributed by atoms with van der Waals surface area (Å²) in [6, 6.07) is 0.336. The van der Waals surface area contributed by atoms with Gasteiger partial charge in [0.15, 0.2) is 5.03 Å². The average molecular weight is 794 g/mol. The van der Waals surface area contributed by atoms with Gasteiger partial charge in [0.1, 0.15) is 0 Å². The molecule has 0 aliphatic carbocycles. The number of nitrogens with zero attached hydrogens (tertiary/aromatic N) is 11. The summed E-state index contributed by atoms with van der Waals surface area (Å²) in [6.07, 6.45) is 1.92. The van der Waals surface area contributed by atoms with Crippen molar-refractivity contribution >= 4 is 54.2 Å². The summed E-state index contributed by atoms with van der Waals surface area (Å²) in [6.45, 7) is 0. The second kappa shape index (κ2) is 16.3. The van der Waals surface area contributed by atoms with Gasteiger partial charge in [0.25, 0.3) is 10.0 Å². The molecular weight excluding hydrogens is 763 g/mol. The van der Waals surface area contributed by atoms with Crippen LogP contribution in [0.3, 0.4) is 0 Å². The molecule has 0 fully saturated rings. The van der Waals surface area contributed by atoms with Crippen LogP contribution in [-0.4, -0.2) is 133 Å². The van der Waals surface area contributed by atoms with E-state index in [2.05, 4.69) is 45.8 Å². The standard InChI is InChI=1S/C13H16N10O5S.C9H15N5O7S2/c1-22-11(7(6-14-22)10-18-21-23(2)19-10)29(25,26)20-13(24)17-12-15-8(27-3)5-9(16-12)28-4;1-14(22(4,16)17)23(18,19)13-9(15)12-8-10-6(20-2)5-7(11-8)21-3/h5-6H,1-4H3,(H2,15,16,17,20,24);5H,1-4H3,(H2,10,11,12,13,15). The second-order valence-electron chi connectivity index (χ2n) is 9.41. The van der Waals surface area contributed by atoms with Crippen LogP contribution >= 0.6 is 0 Å². The quantitative estimate of drug-likeness (QED) is 0.117. The predicted octanol–water partition coefficient (Wildman–Crippen LogP) is -2.32. The Morgan fingerprint density at radius 3 is 1.58 bits per heavy atom. The minimum absolute atomic E-state index is 0.00654. The molecule has 4 heterocycles. The van der Waals surface area contributed by atoms with Crippen LogP contribution in [0.15, 0.2) is 23.4 Å². The molecule has 4 aromatic rings. The van der Waals surface area contributed by atoms with Gasteiger partial charge in [-0.15, -0.1) is 10.2 Å². The molecule has 284 valence electrons. The van der Waals surface area contributed by atoms with Gasteiger partial charge in [0.2, 0.25) is 51.3 Å². The number of nitrogens with one attached hydrogen (secondary N) is 4. The topological polar surface area (TPSA) is 338 Å². The lowest BCUT2D eigenvalue weighted by atomic mass is 10.3. The Labute approximate surface area is 295 Å². The smallest absolute Gasteiger partial charge is 0.336 e. The maximum atomic E-state index is 12.8. The Balaban J connectivity index is 0.000000289. The number of carbonyl (C=O) groups excluding carboxylic acids is 2. The van der Waals surface area contributed by atoms with Crippen LogP contribution in [-0.2, 0) is 44.4 Å². The van der Waals surface area contributed by atoms with Crippen molar-refractivity contribution in [3.8, 4) is 34.9 Å². The molecule has 4 aromatic heterocycles. The fourth-order valence-corrected chi connectivity index (χ4v) is 6.58. The molecular formula is C22H31N15O12S3. The van der Waals surface area contributed by atoms with E-state index in [1.807, 2.05) is 10.0 Å². The third kappa shape index (κ3) is 10.5. The molecule has 0 unspecified atom stereocenters. The third-order valence-corrected chi connectivity index (χ3v) is 10.7. The molecule has 0 saturated carbocycles. The van der Waals surface area contributed by atoms with Crippen molar-refractivity contribution in [3.63, 3.8) is 0 Å². The van der Waals surface area contributed by atoms with Gasteiger partial charge >= 0.3 is 22.3 Å². The van der Waals surface area contributed by atoms with E-state index in [1.54, 1.807) is 0 Å². The van der Waals surface area contributed by atoms with E-state index in [-0.39, 0.29) is 55.5 Å². The summed E-state index contributed by atoms with van der Waals surface area (Å²) < 4.78 is 95.4. The van der Waals surface area contributed by atoms with Crippen molar-refractivity contribution in [2.24, 2.45) is 14.1 Å². The molecule has 0 saturated heterocycles. The van der Waals surface area contributed by atoms with E-state index in [1.165, 1.54) is 65.6 Å². The highest BCUT2D eigenvalue weighted by atomic mass is 32.3. The zero-order chi connectivity index (χ0) is 39.0. The molecule has 0 spiro atoms. The average Bonchev–Trinajstić information content (AvgIpc) is 3.68. The van der Waals surface area contributed by atoms with Crippen LogP contribution < -0.4 is 39.0 Å². The van der Waals surface area contributed by atoms with E-state index >= 15 is 0 Å². The van der Waals surface area contributed by atoms with Gasteiger partial charge < -0.3 is 18.9 Å². The molecule has 0 bridgehead atoms. The number of ether oxygens (including phenoxy) is 4. The number of aromatic nitrogens is 10. The number of anilines is 2. The van der Waals surface area contributed by atoms with Gasteiger partial charge in [0, 0.05) is 14.1 Å². The first kappa shape index (κ1) is 40.4. The number of hydrogen-bond donors (Lipinski definition) is 4. The maximum absolute atomic E-state index is 12.8. The van der Waals surface area contributed by atoms with Gasteiger partial charge in [0.05, 0.1) is 65.6 Å². The molecule has 4 amide bonds. The minimum Gasteiger partial charge on any atom is -0.481 e. The summed E-state index contributed by atoms with van der Waals surface area (Å²) in [5, 5.41) is 19.2. The van der Waals surface area contributed by atoms with E-state index in [4.69, 9.17) is 18.9 Å². The van der Waals surface area contributed by atoms with Crippen LogP contribution in [0, 0.1) is 0 Å².